The van der Waals surface area contributed by atoms with Gasteiger partial charge in [-0.2, -0.15) is 0 Å². The van der Waals surface area contributed by atoms with E-state index in [1.165, 1.54) is 18.6 Å². The van der Waals surface area contributed by atoms with Crippen molar-refractivity contribution in [2.24, 2.45) is 0 Å². The number of hydrogen-bond donors (Lipinski definition) is 2. The van der Waals surface area contributed by atoms with Gasteiger partial charge in [-0.05, 0) is 6.07 Å². The van der Waals surface area contributed by atoms with Gasteiger partial charge in [-0.25, -0.2) is 14.6 Å². The van der Waals surface area contributed by atoms with Crippen molar-refractivity contribution in [3.63, 3.8) is 0 Å². The van der Waals surface area contributed by atoms with Crippen LogP contribution in [0.2, 0.25) is 0 Å². The van der Waals surface area contributed by atoms with Crippen molar-refractivity contribution < 1.29 is 19.1 Å². The van der Waals surface area contributed by atoms with E-state index < -0.39 is 11.6 Å². The standard InChI is InChI=1S/C12H11N3O5/c16-10-2-1-8(6-20-10)11(17)13-3-4-15-5-9(12(18)19)14-7-15/h1-2,5-7H,3-4H2,(H,13,17)(H,18,19). The summed E-state index contributed by atoms with van der Waals surface area (Å²) in [6, 6.07) is 2.52. The largest absolute Gasteiger partial charge is 0.476 e. The highest BCUT2D eigenvalue weighted by Crippen LogP contribution is 1.97. The molecule has 0 saturated heterocycles. The maximum Gasteiger partial charge on any atom is 0.356 e. The van der Waals surface area contributed by atoms with Crippen LogP contribution in [0.1, 0.15) is 20.8 Å². The molecular weight excluding hydrogens is 266 g/mol. The van der Waals surface area contributed by atoms with E-state index in [1.807, 2.05) is 0 Å². The number of nitrogens with zero attached hydrogens (tertiary/aromatic N) is 2. The third-order valence-electron chi connectivity index (χ3n) is 2.47. The van der Waals surface area contributed by atoms with Crippen molar-refractivity contribution in [1.82, 2.24) is 14.9 Å². The van der Waals surface area contributed by atoms with Gasteiger partial charge in [0, 0.05) is 25.4 Å². The molecule has 2 aromatic rings. The van der Waals surface area contributed by atoms with Crippen LogP contribution in [-0.4, -0.2) is 33.1 Å². The quantitative estimate of drug-likeness (QED) is 0.792. The lowest BCUT2D eigenvalue weighted by molar-refractivity contribution is 0.0690. The molecule has 0 fully saturated rings. The van der Waals surface area contributed by atoms with Crippen LogP contribution in [0.5, 0.6) is 0 Å². The Kier molecular flexibility index (Phi) is 3.94. The van der Waals surface area contributed by atoms with E-state index >= 15 is 0 Å². The Hall–Kier alpha value is -2.90. The van der Waals surface area contributed by atoms with E-state index in [2.05, 4.69) is 14.7 Å². The molecule has 8 nitrogen and oxygen atoms in total. The van der Waals surface area contributed by atoms with Crippen LogP contribution in [0, 0.1) is 0 Å². The summed E-state index contributed by atoms with van der Waals surface area (Å²) in [4.78, 5) is 36.7. The van der Waals surface area contributed by atoms with Crippen LogP contribution in [0.3, 0.4) is 0 Å². The zero-order valence-electron chi connectivity index (χ0n) is 10.3. The van der Waals surface area contributed by atoms with Crippen LogP contribution in [-0.2, 0) is 6.54 Å². The molecule has 2 aromatic heterocycles. The first-order chi connectivity index (χ1) is 9.56. The Morgan fingerprint density at radius 2 is 2.20 bits per heavy atom. The molecule has 0 saturated carbocycles. The Balaban J connectivity index is 1.86. The first-order valence-corrected chi connectivity index (χ1v) is 5.68. The van der Waals surface area contributed by atoms with Crippen molar-refractivity contribution in [3.8, 4) is 0 Å². The van der Waals surface area contributed by atoms with E-state index in [0.29, 0.717) is 6.54 Å². The van der Waals surface area contributed by atoms with E-state index in [0.717, 1.165) is 12.3 Å². The molecule has 2 rings (SSSR count). The third-order valence-corrected chi connectivity index (χ3v) is 2.47. The van der Waals surface area contributed by atoms with E-state index in [-0.39, 0.29) is 23.7 Å². The number of rotatable bonds is 5. The topological polar surface area (TPSA) is 114 Å². The molecule has 0 aliphatic heterocycles. The van der Waals surface area contributed by atoms with Crippen molar-refractivity contribution in [1.29, 1.82) is 0 Å². The van der Waals surface area contributed by atoms with Crippen molar-refractivity contribution in [2.75, 3.05) is 6.54 Å². The molecule has 2 N–H and O–H groups in total. The van der Waals surface area contributed by atoms with E-state index in [9.17, 15) is 14.4 Å². The zero-order chi connectivity index (χ0) is 14.5. The Morgan fingerprint density at radius 3 is 2.80 bits per heavy atom. The van der Waals surface area contributed by atoms with Crippen LogP contribution >= 0.6 is 0 Å². The van der Waals surface area contributed by atoms with Gasteiger partial charge in [0.25, 0.3) is 5.91 Å². The molecule has 0 unspecified atom stereocenters. The number of imidazole rings is 1. The molecule has 0 atom stereocenters. The summed E-state index contributed by atoms with van der Waals surface area (Å²) in [5.74, 6) is -1.49. The minimum atomic E-state index is -1.10. The predicted octanol–water partition coefficient (Wildman–Crippen LogP) is -0.0355. The van der Waals surface area contributed by atoms with Gasteiger partial charge >= 0.3 is 11.6 Å². The van der Waals surface area contributed by atoms with Crippen LogP contribution < -0.4 is 10.9 Å². The minimum Gasteiger partial charge on any atom is -0.476 e. The maximum absolute atomic E-state index is 11.7. The fourth-order valence-corrected chi connectivity index (χ4v) is 1.48. The highest BCUT2D eigenvalue weighted by atomic mass is 16.4. The smallest absolute Gasteiger partial charge is 0.356 e. The number of carbonyl (C=O) groups is 2. The lowest BCUT2D eigenvalue weighted by atomic mass is 10.3. The summed E-state index contributed by atoms with van der Waals surface area (Å²) in [7, 11) is 0. The average Bonchev–Trinajstić information content (AvgIpc) is 2.88. The highest BCUT2D eigenvalue weighted by molar-refractivity contribution is 5.93. The molecule has 1 amide bonds. The van der Waals surface area contributed by atoms with Crippen LogP contribution in [0.15, 0.2) is 40.1 Å². The van der Waals surface area contributed by atoms with Crippen molar-refractivity contribution in [2.45, 2.75) is 6.54 Å². The van der Waals surface area contributed by atoms with Crippen molar-refractivity contribution in [3.05, 3.63) is 52.6 Å². The predicted molar refractivity (Wildman–Crippen MR) is 66.5 cm³/mol. The fraction of sp³-hybridized carbons (Fsp3) is 0.167. The number of carboxylic acids is 1. The van der Waals surface area contributed by atoms with Gasteiger partial charge in [0.15, 0.2) is 5.69 Å². The highest BCUT2D eigenvalue weighted by Gasteiger charge is 2.08. The molecule has 0 aliphatic carbocycles. The molecule has 0 spiro atoms. The molecule has 0 aromatic carbocycles. The molecule has 104 valence electrons. The number of amides is 1. The SMILES string of the molecule is O=C(NCCn1cnc(C(=O)O)c1)c1ccc(=O)oc1. The molecule has 2 heterocycles. The van der Waals surface area contributed by atoms with Gasteiger partial charge in [-0.1, -0.05) is 0 Å². The summed E-state index contributed by atoms with van der Waals surface area (Å²) in [5.41, 5.74) is -0.344. The molecule has 0 aliphatic rings. The molecule has 0 bridgehead atoms. The summed E-state index contributed by atoms with van der Waals surface area (Å²) in [6.07, 6.45) is 3.82. The Morgan fingerprint density at radius 1 is 1.40 bits per heavy atom. The third kappa shape index (κ3) is 3.31. The summed E-state index contributed by atoms with van der Waals surface area (Å²) < 4.78 is 6.13. The first kappa shape index (κ1) is 13.5. The normalized spacial score (nSPS) is 10.2. The number of hydrogen-bond acceptors (Lipinski definition) is 5. The zero-order valence-corrected chi connectivity index (χ0v) is 10.3. The minimum absolute atomic E-state index is 0.0545. The van der Waals surface area contributed by atoms with Crippen LogP contribution in [0.4, 0.5) is 0 Å². The van der Waals surface area contributed by atoms with Gasteiger partial charge in [0.1, 0.15) is 6.26 Å². The number of nitrogens with one attached hydrogen (secondary N) is 1. The van der Waals surface area contributed by atoms with Gasteiger partial charge < -0.3 is 19.4 Å². The second-order valence-corrected chi connectivity index (χ2v) is 3.90. The second kappa shape index (κ2) is 5.83. The first-order valence-electron chi connectivity index (χ1n) is 5.68. The average molecular weight is 277 g/mol. The second-order valence-electron chi connectivity index (χ2n) is 3.90. The molecule has 0 radical (unpaired) electrons. The summed E-state index contributed by atoms with van der Waals surface area (Å²) in [5, 5.41) is 11.3. The molecule has 20 heavy (non-hydrogen) atoms. The van der Waals surface area contributed by atoms with Crippen LogP contribution in [0.25, 0.3) is 0 Å². The Labute approximate surface area is 112 Å². The fourth-order valence-electron chi connectivity index (χ4n) is 1.48. The van der Waals surface area contributed by atoms with Gasteiger partial charge in [-0.15, -0.1) is 0 Å². The monoisotopic (exact) mass is 277 g/mol. The van der Waals surface area contributed by atoms with Gasteiger partial charge in [0.2, 0.25) is 0 Å². The number of carboxylic acid groups (broad SMARTS) is 1. The molecular formula is C12H11N3O5. The summed E-state index contributed by atoms with van der Waals surface area (Å²) in [6.45, 7) is 0.663. The number of aromatic carboxylic acids is 1. The number of carbonyl (C=O) groups excluding carboxylic acids is 1. The van der Waals surface area contributed by atoms with Gasteiger partial charge in [0.05, 0.1) is 11.9 Å². The van der Waals surface area contributed by atoms with Gasteiger partial charge in [-0.3, -0.25) is 4.79 Å². The van der Waals surface area contributed by atoms with Crippen molar-refractivity contribution >= 4 is 11.9 Å². The maximum atomic E-state index is 11.7. The lowest BCUT2D eigenvalue weighted by Gasteiger charge is -2.04. The summed E-state index contributed by atoms with van der Waals surface area (Å²) >= 11 is 0. The van der Waals surface area contributed by atoms with E-state index in [1.54, 1.807) is 4.57 Å². The number of aromatic nitrogens is 2. The lowest BCUT2D eigenvalue weighted by Crippen LogP contribution is -2.27. The Bertz CT molecular complexity index is 668. The van der Waals surface area contributed by atoms with E-state index in [4.69, 9.17) is 5.11 Å². The molecule has 8 heteroatoms.